The van der Waals surface area contributed by atoms with E-state index < -0.39 is 0 Å². The number of hydrogen-bond acceptors (Lipinski definition) is 3. The minimum atomic E-state index is -0.332. The molecule has 0 saturated heterocycles. The van der Waals surface area contributed by atoms with E-state index in [9.17, 15) is 4.79 Å². The van der Waals surface area contributed by atoms with Crippen LogP contribution < -0.4 is 5.32 Å². The lowest BCUT2D eigenvalue weighted by Gasteiger charge is -2.03. The minimum Gasteiger partial charge on any atom is -0.318 e. The van der Waals surface area contributed by atoms with Crippen molar-refractivity contribution in [1.29, 1.82) is 0 Å². The van der Waals surface area contributed by atoms with Gasteiger partial charge in [-0.25, -0.2) is 9.36 Å². The molecular formula is C19H13Cl2N5O. The summed E-state index contributed by atoms with van der Waals surface area (Å²) in [6.07, 6.45) is 5.01. The molecular weight excluding hydrogens is 385 g/mol. The SMILES string of the molecule is O=C(Nc1cnn(-c2ccccc2)c1)c1ccn(-c2ccc(Cl)c(Cl)c2)n1. The quantitative estimate of drug-likeness (QED) is 0.546. The number of benzene rings is 2. The largest absolute Gasteiger partial charge is 0.318 e. The highest BCUT2D eigenvalue weighted by Crippen LogP contribution is 2.24. The molecule has 0 bridgehead atoms. The van der Waals surface area contributed by atoms with Crippen LogP contribution in [0.25, 0.3) is 11.4 Å². The van der Waals surface area contributed by atoms with Crippen molar-refractivity contribution in [3.8, 4) is 11.4 Å². The molecule has 8 heteroatoms. The number of hydrogen-bond donors (Lipinski definition) is 1. The lowest BCUT2D eigenvalue weighted by molar-refractivity contribution is 0.102. The molecule has 0 saturated carbocycles. The van der Waals surface area contributed by atoms with Crippen LogP contribution in [0, 0.1) is 0 Å². The molecule has 0 aliphatic carbocycles. The average molecular weight is 398 g/mol. The third-order valence-electron chi connectivity index (χ3n) is 3.85. The first kappa shape index (κ1) is 17.3. The molecule has 0 aliphatic heterocycles. The van der Waals surface area contributed by atoms with E-state index in [1.165, 1.54) is 0 Å². The van der Waals surface area contributed by atoms with Crippen molar-refractivity contribution in [2.75, 3.05) is 5.32 Å². The predicted octanol–water partition coefficient (Wildman–Crippen LogP) is 4.62. The van der Waals surface area contributed by atoms with Crippen molar-refractivity contribution in [3.05, 3.63) is 88.9 Å². The Morgan fingerprint density at radius 2 is 1.74 bits per heavy atom. The van der Waals surface area contributed by atoms with E-state index in [2.05, 4.69) is 15.5 Å². The second-order valence-corrected chi connectivity index (χ2v) is 6.52. The van der Waals surface area contributed by atoms with Crippen molar-refractivity contribution < 1.29 is 4.79 Å². The monoisotopic (exact) mass is 397 g/mol. The summed E-state index contributed by atoms with van der Waals surface area (Å²) in [6, 6.07) is 16.4. The van der Waals surface area contributed by atoms with Crippen molar-refractivity contribution >= 4 is 34.8 Å². The summed E-state index contributed by atoms with van der Waals surface area (Å²) < 4.78 is 3.24. The van der Waals surface area contributed by atoms with Gasteiger partial charge in [-0.15, -0.1) is 0 Å². The third kappa shape index (κ3) is 3.72. The van der Waals surface area contributed by atoms with Crippen molar-refractivity contribution in [2.24, 2.45) is 0 Å². The van der Waals surface area contributed by atoms with Crippen LogP contribution in [-0.2, 0) is 0 Å². The number of amides is 1. The minimum absolute atomic E-state index is 0.272. The first-order valence-corrected chi connectivity index (χ1v) is 8.78. The van der Waals surface area contributed by atoms with Gasteiger partial charge in [0.1, 0.15) is 0 Å². The van der Waals surface area contributed by atoms with E-state index in [0.717, 1.165) is 5.69 Å². The first-order chi connectivity index (χ1) is 13.1. The Balaban J connectivity index is 1.50. The zero-order chi connectivity index (χ0) is 18.8. The van der Waals surface area contributed by atoms with Crippen LogP contribution in [0.1, 0.15) is 10.5 Å². The van der Waals surface area contributed by atoms with Crippen molar-refractivity contribution in [3.63, 3.8) is 0 Å². The summed E-state index contributed by atoms with van der Waals surface area (Å²) in [4.78, 5) is 12.5. The van der Waals surface area contributed by atoms with Crippen LogP contribution in [0.3, 0.4) is 0 Å². The van der Waals surface area contributed by atoms with Gasteiger partial charge in [0.15, 0.2) is 5.69 Å². The molecule has 27 heavy (non-hydrogen) atoms. The highest BCUT2D eigenvalue weighted by atomic mass is 35.5. The molecule has 0 radical (unpaired) electrons. The van der Waals surface area contributed by atoms with Crippen LogP contribution in [0.2, 0.25) is 10.0 Å². The van der Waals surface area contributed by atoms with E-state index >= 15 is 0 Å². The number of carbonyl (C=O) groups excluding carboxylic acids is 1. The fourth-order valence-electron chi connectivity index (χ4n) is 2.52. The third-order valence-corrected chi connectivity index (χ3v) is 4.59. The van der Waals surface area contributed by atoms with Crippen molar-refractivity contribution in [1.82, 2.24) is 19.6 Å². The summed E-state index contributed by atoms with van der Waals surface area (Å²) in [7, 11) is 0. The highest BCUT2D eigenvalue weighted by Gasteiger charge is 2.12. The average Bonchev–Trinajstić information content (AvgIpc) is 3.34. The lowest BCUT2D eigenvalue weighted by Crippen LogP contribution is -2.12. The Labute approximate surface area is 165 Å². The summed E-state index contributed by atoms with van der Waals surface area (Å²) >= 11 is 12.0. The second-order valence-electron chi connectivity index (χ2n) is 5.71. The number of anilines is 1. The molecule has 1 amide bonds. The molecule has 6 nitrogen and oxygen atoms in total. The number of aromatic nitrogens is 4. The summed E-state index contributed by atoms with van der Waals surface area (Å²) in [5, 5.41) is 12.2. The van der Waals surface area contributed by atoms with Gasteiger partial charge in [0.05, 0.1) is 39.5 Å². The Kier molecular flexibility index (Phi) is 4.66. The maximum atomic E-state index is 12.5. The normalized spacial score (nSPS) is 10.7. The molecule has 0 spiro atoms. The van der Waals surface area contributed by atoms with Gasteiger partial charge in [-0.2, -0.15) is 10.2 Å². The Bertz CT molecular complexity index is 1100. The molecule has 2 aromatic carbocycles. The molecule has 134 valence electrons. The number of carbonyl (C=O) groups is 1. The topological polar surface area (TPSA) is 64.7 Å². The smallest absolute Gasteiger partial charge is 0.276 e. The lowest BCUT2D eigenvalue weighted by atomic mass is 10.3. The molecule has 4 rings (SSSR count). The first-order valence-electron chi connectivity index (χ1n) is 8.03. The Hall–Kier alpha value is -3.09. The molecule has 2 aromatic heterocycles. The Morgan fingerprint density at radius 3 is 2.52 bits per heavy atom. The van der Waals surface area contributed by atoms with Gasteiger partial charge in [-0.1, -0.05) is 41.4 Å². The zero-order valence-electron chi connectivity index (χ0n) is 13.9. The fourth-order valence-corrected chi connectivity index (χ4v) is 2.81. The number of nitrogens with one attached hydrogen (secondary N) is 1. The van der Waals surface area contributed by atoms with Crippen molar-refractivity contribution in [2.45, 2.75) is 0 Å². The van der Waals surface area contributed by atoms with Gasteiger partial charge in [-0.05, 0) is 36.4 Å². The fraction of sp³-hybridized carbons (Fsp3) is 0. The molecule has 0 atom stereocenters. The van der Waals surface area contributed by atoms with Crippen LogP contribution >= 0.6 is 23.2 Å². The van der Waals surface area contributed by atoms with Crippen LogP contribution in [0.15, 0.2) is 73.2 Å². The predicted molar refractivity (Wildman–Crippen MR) is 105 cm³/mol. The van der Waals surface area contributed by atoms with E-state index in [4.69, 9.17) is 23.2 Å². The van der Waals surface area contributed by atoms with E-state index in [1.807, 2.05) is 30.3 Å². The van der Waals surface area contributed by atoms with E-state index in [-0.39, 0.29) is 11.6 Å². The summed E-state index contributed by atoms with van der Waals surface area (Å²) in [5.74, 6) is -0.332. The maximum absolute atomic E-state index is 12.5. The Morgan fingerprint density at radius 1 is 0.926 bits per heavy atom. The van der Waals surface area contributed by atoms with Gasteiger partial charge >= 0.3 is 0 Å². The zero-order valence-corrected chi connectivity index (χ0v) is 15.4. The molecule has 2 heterocycles. The molecule has 0 aliphatic rings. The standard InChI is InChI=1S/C19H13Cl2N5O/c20-16-7-6-15(10-17(16)21)25-9-8-18(24-25)19(27)23-13-11-22-26(12-13)14-4-2-1-3-5-14/h1-12H,(H,23,27). The van der Waals surface area contributed by atoms with E-state index in [1.54, 1.807) is 52.2 Å². The van der Waals surface area contributed by atoms with Gasteiger partial charge in [0.2, 0.25) is 0 Å². The molecule has 0 unspecified atom stereocenters. The summed E-state index contributed by atoms with van der Waals surface area (Å²) in [5.41, 5.74) is 2.46. The van der Waals surface area contributed by atoms with E-state index in [0.29, 0.717) is 21.4 Å². The van der Waals surface area contributed by atoms with Gasteiger partial charge in [-0.3, -0.25) is 4.79 Å². The number of para-hydroxylation sites is 1. The van der Waals surface area contributed by atoms with Gasteiger partial charge in [0, 0.05) is 6.20 Å². The number of rotatable bonds is 4. The van der Waals surface area contributed by atoms with Gasteiger partial charge in [0.25, 0.3) is 5.91 Å². The van der Waals surface area contributed by atoms with Gasteiger partial charge < -0.3 is 5.32 Å². The molecule has 1 N–H and O–H groups in total. The van der Waals surface area contributed by atoms with Crippen LogP contribution in [0.5, 0.6) is 0 Å². The van der Waals surface area contributed by atoms with Crippen LogP contribution in [-0.4, -0.2) is 25.5 Å². The number of nitrogens with zero attached hydrogens (tertiary/aromatic N) is 4. The second kappa shape index (κ2) is 7.26. The number of halogens is 2. The van der Waals surface area contributed by atoms with Crippen LogP contribution in [0.4, 0.5) is 5.69 Å². The maximum Gasteiger partial charge on any atom is 0.276 e. The molecule has 4 aromatic rings. The highest BCUT2D eigenvalue weighted by molar-refractivity contribution is 6.42. The molecule has 0 fully saturated rings. The summed E-state index contributed by atoms with van der Waals surface area (Å²) in [6.45, 7) is 0.